The lowest BCUT2D eigenvalue weighted by molar-refractivity contribution is -0.128. The highest BCUT2D eigenvalue weighted by Gasteiger charge is 2.28. The number of rotatable bonds is 4. The van der Waals surface area contributed by atoms with Crippen LogP contribution in [-0.4, -0.2) is 18.9 Å². The first-order valence-corrected chi connectivity index (χ1v) is 4.54. The summed E-state index contributed by atoms with van der Waals surface area (Å²) in [6.45, 7) is 6.01. The van der Waals surface area contributed by atoms with Crippen molar-refractivity contribution < 1.29 is 4.79 Å². The first-order valence-electron chi connectivity index (χ1n) is 4.54. The van der Waals surface area contributed by atoms with E-state index in [2.05, 4.69) is 19.2 Å². The maximum atomic E-state index is 11.5. The third kappa shape index (κ3) is 1.80. The van der Waals surface area contributed by atoms with E-state index in [0.29, 0.717) is 17.6 Å². The lowest BCUT2D eigenvalue weighted by Crippen LogP contribution is -2.48. The number of Topliss-reactive ketones (excluding diaryl/α,β-unsaturated/α-hetero) is 1. The Hall–Kier alpha value is -0.370. The maximum Gasteiger partial charge on any atom is 0.141 e. The van der Waals surface area contributed by atoms with Gasteiger partial charge < -0.3 is 5.32 Å². The molecule has 0 saturated carbocycles. The monoisotopic (exact) mass is 155 g/mol. The van der Waals surface area contributed by atoms with Crippen LogP contribution in [0.2, 0.25) is 0 Å². The van der Waals surface area contributed by atoms with Gasteiger partial charge in [0.05, 0.1) is 0 Å². The molecule has 1 rings (SSSR count). The molecule has 11 heavy (non-hydrogen) atoms. The van der Waals surface area contributed by atoms with E-state index in [4.69, 9.17) is 0 Å². The summed E-state index contributed by atoms with van der Waals surface area (Å²) in [5, 5.41) is 3.12. The van der Waals surface area contributed by atoms with Gasteiger partial charge in [-0.25, -0.2) is 0 Å². The van der Waals surface area contributed by atoms with E-state index >= 15 is 0 Å². The van der Waals surface area contributed by atoms with E-state index in [1.807, 2.05) is 0 Å². The van der Waals surface area contributed by atoms with Crippen molar-refractivity contribution in [3.05, 3.63) is 0 Å². The highest BCUT2D eigenvalue weighted by atomic mass is 16.1. The van der Waals surface area contributed by atoms with Gasteiger partial charge in [0.15, 0.2) is 0 Å². The van der Waals surface area contributed by atoms with Crippen molar-refractivity contribution >= 4 is 5.78 Å². The molecule has 0 aromatic heterocycles. The summed E-state index contributed by atoms with van der Waals surface area (Å²) in [4.78, 5) is 11.5. The molecule has 0 aliphatic carbocycles. The van der Waals surface area contributed by atoms with Crippen LogP contribution in [0.4, 0.5) is 0 Å². The number of ketones is 1. The molecule has 0 spiro atoms. The van der Waals surface area contributed by atoms with Crippen LogP contribution in [0.15, 0.2) is 0 Å². The van der Waals surface area contributed by atoms with Gasteiger partial charge >= 0.3 is 0 Å². The Labute approximate surface area is 68.4 Å². The minimum absolute atomic E-state index is 0.321. The second-order valence-corrected chi connectivity index (χ2v) is 3.27. The van der Waals surface area contributed by atoms with Crippen LogP contribution >= 0.6 is 0 Å². The third-order valence-electron chi connectivity index (χ3n) is 2.57. The Bertz CT molecular complexity index is 136. The number of hydrogen-bond donors (Lipinski definition) is 1. The van der Waals surface area contributed by atoms with Crippen molar-refractivity contribution in [1.82, 2.24) is 5.32 Å². The van der Waals surface area contributed by atoms with E-state index in [0.717, 1.165) is 25.9 Å². The molecule has 0 aromatic carbocycles. The first kappa shape index (κ1) is 8.72. The Morgan fingerprint density at radius 1 is 1.45 bits per heavy atom. The number of carbonyl (C=O) groups is 1. The highest BCUT2D eigenvalue weighted by molar-refractivity contribution is 5.84. The molecule has 1 N–H and O–H groups in total. The summed E-state index contributed by atoms with van der Waals surface area (Å²) in [7, 11) is 0. The molecule has 0 bridgehead atoms. The van der Waals surface area contributed by atoms with Gasteiger partial charge in [0, 0.05) is 24.9 Å². The van der Waals surface area contributed by atoms with E-state index in [1.54, 1.807) is 0 Å². The minimum Gasteiger partial charge on any atom is -0.315 e. The zero-order valence-corrected chi connectivity index (χ0v) is 7.39. The van der Waals surface area contributed by atoms with Gasteiger partial charge in [-0.1, -0.05) is 13.8 Å². The summed E-state index contributed by atoms with van der Waals surface area (Å²) in [5.41, 5.74) is 0. The van der Waals surface area contributed by atoms with Crippen LogP contribution in [0.5, 0.6) is 0 Å². The Balaban J connectivity index is 2.36. The summed E-state index contributed by atoms with van der Waals surface area (Å²) < 4.78 is 0. The van der Waals surface area contributed by atoms with Crippen LogP contribution in [0.1, 0.15) is 26.7 Å². The van der Waals surface area contributed by atoms with Crippen LogP contribution in [-0.2, 0) is 4.79 Å². The van der Waals surface area contributed by atoms with Gasteiger partial charge in [-0.3, -0.25) is 4.79 Å². The molecule has 64 valence electrons. The van der Waals surface area contributed by atoms with Gasteiger partial charge in [-0.05, 0) is 12.8 Å². The molecule has 0 radical (unpaired) electrons. The average Bonchev–Trinajstić information content (AvgIpc) is 1.86. The molecular weight excluding hydrogens is 138 g/mol. The molecule has 1 heterocycles. The first-order chi connectivity index (χ1) is 5.29. The van der Waals surface area contributed by atoms with Gasteiger partial charge in [-0.2, -0.15) is 0 Å². The van der Waals surface area contributed by atoms with E-state index in [9.17, 15) is 4.79 Å². The molecular formula is C9H17NO. The second kappa shape index (κ2) is 3.86. The molecule has 1 aliphatic heterocycles. The summed E-state index contributed by atoms with van der Waals surface area (Å²) >= 11 is 0. The topological polar surface area (TPSA) is 29.1 Å². The lowest BCUT2D eigenvalue weighted by Gasteiger charge is -2.28. The van der Waals surface area contributed by atoms with Crippen molar-refractivity contribution in [1.29, 1.82) is 0 Å². The normalized spacial score (nSPS) is 18.5. The fraction of sp³-hybridized carbons (Fsp3) is 0.889. The largest absolute Gasteiger partial charge is 0.315 e. The average molecular weight is 155 g/mol. The fourth-order valence-electron chi connectivity index (χ4n) is 1.51. The molecule has 1 saturated heterocycles. The van der Waals surface area contributed by atoms with Crippen LogP contribution in [0.3, 0.4) is 0 Å². The van der Waals surface area contributed by atoms with Gasteiger partial charge in [0.1, 0.15) is 5.78 Å². The van der Waals surface area contributed by atoms with Crippen molar-refractivity contribution in [3.63, 3.8) is 0 Å². The molecule has 1 fully saturated rings. The third-order valence-corrected chi connectivity index (χ3v) is 2.57. The number of hydrogen-bond acceptors (Lipinski definition) is 2. The van der Waals surface area contributed by atoms with Crippen molar-refractivity contribution in [2.75, 3.05) is 13.1 Å². The van der Waals surface area contributed by atoms with Crippen LogP contribution < -0.4 is 5.32 Å². The fourth-order valence-corrected chi connectivity index (χ4v) is 1.51. The maximum absolute atomic E-state index is 11.5. The number of nitrogens with one attached hydrogen (secondary N) is 1. The van der Waals surface area contributed by atoms with Crippen molar-refractivity contribution in [3.8, 4) is 0 Å². The van der Waals surface area contributed by atoms with Crippen LogP contribution in [0.25, 0.3) is 0 Å². The predicted octanol–water partition coefficient (Wildman–Crippen LogP) is 1.21. The molecule has 0 aromatic rings. The SMILES string of the molecule is CCC(CC)C(=O)C1CNC1. The lowest BCUT2D eigenvalue weighted by atomic mass is 9.86. The standard InChI is InChI=1S/C9H17NO/c1-3-7(4-2)9(11)8-5-10-6-8/h7-8,10H,3-6H2,1-2H3. The molecule has 2 heteroatoms. The van der Waals surface area contributed by atoms with Gasteiger partial charge in [0.2, 0.25) is 0 Å². The summed E-state index contributed by atoms with van der Waals surface area (Å²) in [6, 6.07) is 0. The smallest absolute Gasteiger partial charge is 0.141 e. The minimum atomic E-state index is 0.321. The van der Waals surface area contributed by atoms with Gasteiger partial charge in [-0.15, -0.1) is 0 Å². The Morgan fingerprint density at radius 3 is 2.27 bits per heavy atom. The zero-order valence-electron chi connectivity index (χ0n) is 7.39. The van der Waals surface area contributed by atoms with Crippen molar-refractivity contribution in [2.24, 2.45) is 11.8 Å². The van der Waals surface area contributed by atoms with E-state index in [-0.39, 0.29) is 0 Å². The molecule has 1 aliphatic rings. The van der Waals surface area contributed by atoms with Crippen molar-refractivity contribution in [2.45, 2.75) is 26.7 Å². The molecule has 0 amide bonds. The van der Waals surface area contributed by atoms with E-state index < -0.39 is 0 Å². The summed E-state index contributed by atoms with van der Waals surface area (Å²) in [6.07, 6.45) is 2.01. The summed E-state index contributed by atoms with van der Waals surface area (Å²) in [5.74, 6) is 1.13. The number of carbonyl (C=O) groups excluding carboxylic acids is 1. The Morgan fingerprint density at radius 2 is 2.00 bits per heavy atom. The quantitative estimate of drug-likeness (QED) is 0.661. The molecule has 0 atom stereocenters. The zero-order chi connectivity index (χ0) is 8.27. The molecule has 2 nitrogen and oxygen atoms in total. The second-order valence-electron chi connectivity index (χ2n) is 3.27. The Kier molecular flexibility index (Phi) is 3.06. The predicted molar refractivity (Wildman–Crippen MR) is 45.4 cm³/mol. The molecule has 0 unspecified atom stereocenters. The highest BCUT2D eigenvalue weighted by Crippen LogP contribution is 2.17. The van der Waals surface area contributed by atoms with Crippen LogP contribution in [0, 0.1) is 11.8 Å². The van der Waals surface area contributed by atoms with E-state index in [1.165, 1.54) is 0 Å². The van der Waals surface area contributed by atoms with Gasteiger partial charge in [0.25, 0.3) is 0 Å².